The number of aryl methyl sites for hydroxylation is 1. The molecule has 4 rings (SSSR count). The second-order valence-electron chi connectivity index (χ2n) is 6.14. The first-order chi connectivity index (χ1) is 13.3. The molecule has 0 spiro atoms. The lowest BCUT2D eigenvalue weighted by Gasteiger charge is -2.05. The van der Waals surface area contributed by atoms with E-state index in [0.717, 1.165) is 9.44 Å². The van der Waals surface area contributed by atoms with Crippen LogP contribution in [0.1, 0.15) is 21.2 Å². The molecule has 0 aliphatic rings. The quantitative estimate of drug-likeness (QED) is 0.547. The van der Waals surface area contributed by atoms with Gasteiger partial charge in [0.2, 0.25) is 5.76 Å². The molecule has 0 fully saturated rings. The maximum atomic E-state index is 13.3. The fraction of sp³-hybridized carbons (Fsp3) is 0.105. The Morgan fingerprint density at radius 2 is 1.93 bits per heavy atom. The van der Waals surface area contributed by atoms with E-state index < -0.39 is 17.2 Å². The predicted octanol–water partition coefficient (Wildman–Crippen LogP) is 3.21. The van der Waals surface area contributed by atoms with Crippen molar-refractivity contribution in [2.24, 2.45) is 0 Å². The normalized spacial score (nSPS) is 11.2. The van der Waals surface area contributed by atoms with E-state index in [0.29, 0.717) is 21.3 Å². The summed E-state index contributed by atoms with van der Waals surface area (Å²) in [5, 5.41) is 9.26. The fourth-order valence-electron chi connectivity index (χ4n) is 3.07. The number of hydrogen-bond acceptors (Lipinski definition) is 5. The molecule has 3 heterocycles. The van der Waals surface area contributed by atoms with Crippen LogP contribution in [0, 0.1) is 12.7 Å². The van der Waals surface area contributed by atoms with Crippen molar-refractivity contribution in [3.63, 3.8) is 0 Å². The van der Waals surface area contributed by atoms with Crippen molar-refractivity contribution in [3.8, 4) is 11.1 Å². The molecule has 28 heavy (non-hydrogen) atoms. The molecule has 9 heteroatoms. The van der Waals surface area contributed by atoms with Gasteiger partial charge in [-0.05, 0) is 36.8 Å². The van der Waals surface area contributed by atoms with E-state index in [1.165, 1.54) is 35.6 Å². The number of carboxylic acid groups (broad SMARTS) is 1. The number of nitrogens with one attached hydrogen (secondary N) is 1. The molecule has 0 atom stereocenters. The summed E-state index contributed by atoms with van der Waals surface area (Å²) in [7, 11) is 0. The molecular weight excluding hydrogens is 387 g/mol. The number of benzene rings is 1. The zero-order valence-corrected chi connectivity index (χ0v) is 15.3. The Balaban J connectivity index is 1.90. The molecule has 142 valence electrons. The number of carbonyl (C=O) groups is 1. The average Bonchev–Trinajstić information content (AvgIpc) is 3.24. The molecule has 0 radical (unpaired) electrons. The molecule has 4 aromatic rings. The summed E-state index contributed by atoms with van der Waals surface area (Å²) in [5.41, 5.74) is 0.126. The van der Waals surface area contributed by atoms with Gasteiger partial charge in [0.15, 0.2) is 0 Å². The van der Waals surface area contributed by atoms with Crippen molar-refractivity contribution >= 4 is 27.5 Å². The van der Waals surface area contributed by atoms with Crippen LogP contribution in [0.15, 0.2) is 50.4 Å². The van der Waals surface area contributed by atoms with Gasteiger partial charge < -0.3 is 9.52 Å². The third-order valence-corrected chi connectivity index (χ3v) is 5.35. The molecule has 2 N–H and O–H groups in total. The summed E-state index contributed by atoms with van der Waals surface area (Å²) >= 11 is 1.27. The fourth-order valence-corrected chi connectivity index (χ4v) is 4.13. The van der Waals surface area contributed by atoms with Crippen LogP contribution in [0.5, 0.6) is 0 Å². The number of aromatic nitrogens is 2. The number of thiophene rings is 1. The molecule has 1 aromatic carbocycles. The molecule has 0 aliphatic heterocycles. The van der Waals surface area contributed by atoms with E-state index in [1.807, 2.05) is 6.92 Å². The first-order valence-electron chi connectivity index (χ1n) is 8.19. The van der Waals surface area contributed by atoms with Gasteiger partial charge in [0, 0.05) is 10.4 Å². The molecule has 7 nitrogen and oxygen atoms in total. The summed E-state index contributed by atoms with van der Waals surface area (Å²) < 4.78 is 19.4. The number of hydrogen-bond donors (Lipinski definition) is 2. The summed E-state index contributed by atoms with van der Waals surface area (Å²) in [6.07, 6.45) is 0. The number of aromatic amines is 1. The molecular formula is C19H13FN2O5S. The predicted molar refractivity (Wildman–Crippen MR) is 102 cm³/mol. The van der Waals surface area contributed by atoms with Crippen molar-refractivity contribution < 1.29 is 18.7 Å². The smallest absolute Gasteiger partial charge is 0.371 e. The number of halogens is 1. The molecule has 0 unspecified atom stereocenters. The highest BCUT2D eigenvalue weighted by Crippen LogP contribution is 2.35. The molecule has 3 aromatic heterocycles. The number of fused-ring (bicyclic) bond motifs is 1. The highest BCUT2D eigenvalue weighted by molar-refractivity contribution is 7.19. The number of aromatic carboxylic acids is 1. The molecule has 0 bridgehead atoms. The molecule has 0 saturated carbocycles. The van der Waals surface area contributed by atoms with Gasteiger partial charge in [0.25, 0.3) is 5.56 Å². The maximum absolute atomic E-state index is 13.3. The summed E-state index contributed by atoms with van der Waals surface area (Å²) in [6.45, 7) is 1.60. The minimum atomic E-state index is -1.24. The van der Waals surface area contributed by atoms with Crippen LogP contribution in [0.4, 0.5) is 4.39 Å². The zero-order chi connectivity index (χ0) is 20.0. The number of nitrogens with zero attached hydrogens (tertiary/aromatic N) is 1. The van der Waals surface area contributed by atoms with Crippen LogP contribution in [-0.4, -0.2) is 20.6 Å². The van der Waals surface area contributed by atoms with E-state index >= 15 is 0 Å². The molecule has 0 amide bonds. The monoisotopic (exact) mass is 400 g/mol. The van der Waals surface area contributed by atoms with Crippen molar-refractivity contribution in [2.75, 3.05) is 0 Å². The minimum Gasteiger partial charge on any atom is -0.475 e. The van der Waals surface area contributed by atoms with Crippen LogP contribution >= 0.6 is 11.3 Å². The maximum Gasteiger partial charge on any atom is 0.371 e. The second kappa shape index (κ2) is 6.61. The Bertz CT molecular complexity index is 1330. The van der Waals surface area contributed by atoms with Gasteiger partial charge in [-0.25, -0.2) is 14.0 Å². The van der Waals surface area contributed by atoms with Crippen LogP contribution < -0.4 is 11.2 Å². The van der Waals surface area contributed by atoms with Crippen LogP contribution in [0.3, 0.4) is 0 Å². The summed E-state index contributed by atoms with van der Waals surface area (Å²) in [5.74, 6) is -1.74. The Morgan fingerprint density at radius 1 is 1.21 bits per heavy atom. The zero-order valence-electron chi connectivity index (χ0n) is 14.5. The van der Waals surface area contributed by atoms with Gasteiger partial charge in [0.05, 0.1) is 11.9 Å². The third-order valence-electron chi connectivity index (χ3n) is 4.33. The van der Waals surface area contributed by atoms with Crippen molar-refractivity contribution in [1.29, 1.82) is 0 Å². The Morgan fingerprint density at radius 3 is 2.57 bits per heavy atom. The SMILES string of the molecule is Cc1sc2[nH]c(=O)n(Cc3ccc(C(=O)O)o3)c(=O)c2c1-c1ccc(F)cc1. The lowest BCUT2D eigenvalue weighted by Crippen LogP contribution is -2.35. The van der Waals surface area contributed by atoms with Crippen molar-refractivity contribution in [3.05, 3.63) is 79.5 Å². The summed E-state index contributed by atoms with van der Waals surface area (Å²) in [4.78, 5) is 40.4. The molecule has 0 aliphatic carbocycles. The van der Waals surface area contributed by atoms with Gasteiger partial charge in [-0.2, -0.15) is 0 Å². The highest BCUT2D eigenvalue weighted by Gasteiger charge is 2.19. The largest absolute Gasteiger partial charge is 0.475 e. The van der Waals surface area contributed by atoms with Crippen molar-refractivity contribution in [1.82, 2.24) is 9.55 Å². The van der Waals surface area contributed by atoms with Crippen LogP contribution in [0.2, 0.25) is 0 Å². The first-order valence-corrected chi connectivity index (χ1v) is 9.01. The van der Waals surface area contributed by atoms with E-state index in [2.05, 4.69) is 4.98 Å². The minimum absolute atomic E-state index is 0.166. The van der Waals surface area contributed by atoms with E-state index in [4.69, 9.17) is 9.52 Å². The van der Waals surface area contributed by atoms with Crippen LogP contribution in [-0.2, 0) is 6.54 Å². The lowest BCUT2D eigenvalue weighted by molar-refractivity contribution is 0.0660. The Hall–Kier alpha value is -3.46. The first kappa shape index (κ1) is 17.9. The van der Waals surface area contributed by atoms with E-state index in [-0.39, 0.29) is 23.9 Å². The highest BCUT2D eigenvalue weighted by atomic mass is 32.1. The third kappa shape index (κ3) is 2.95. The van der Waals surface area contributed by atoms with Gasteiger partial charge in [-0.15, -0.1) is 11.3 Å². The van der Waals surface area contributed by atoms with Crippen LogP contribution in [0.25, 0.3) is 21.3 Å². The van der Waals surface area contributed by atoms with Crippen molar-refractivity contribution in [2.45, 2.75) is 13.5 Å². The topological polar surface area (TPSA) is 105 Å². The standard InChI is InChI=1S/C19H13FN2O5S/c1-9-14(10-2-4-11(20)5-3-10)15-16(28-9)21-19(26)22(17(15)23)8-12-6-7-13(27-12)18(24)25/h2-7H,8H2,1H3,(H,21,26)(H,24,25). The van der Waals surface area contributed by atoms with Gasteiger partial charge >= 0.3 is 11.7 Å². The number of rotatable bonds is 4. The number of carboxylic acids is 1. The lowest BCUT2D eigenvalue weighted by atomic mass is 10.0. The van der Waals surface area contributed by atoms with E-state index in [9.17, 15) is 18.8 Å². The number of furan rings is 1. The Kier molecular flexibility index (Phi) is 4.23. The summed E-state index contributed by atoms with van der Waals surface area (Å²) in [6, 6.07) is 8.42. The van der Waals surface area contributed by atoms with Gasteiger partial charge in [-0.1, -0.05) is 12.1 Å². The van der Waals surface area contributed by atoms with Gasteiger partial charge in [-0.3, -0.25) is 14.3 Å². The van der Waals surface area contributed by atoms with E-state index in [1.54, 1.807) is 12.1 Å². The second-order valence-corrected chi connectivity index (χ2v) is 7.36. The Labute approximate surface area is 160 Å². The molecule has 0 saturated heterocycles. The number of H-pyrrole nitrogens is 1. The van der Waals surface area contributed by atoms with Gasteiger partial charge in [0.1, 0.15) is 16.4 Å². The average molecular weight is 400 g/mol.